The minimum absolute atomic E-state index is 0.302. The first kappa shape index (κ1) is 20.5. The van der Waals surface area contributed by atoms with Crippen LogP contribution in [-0.4, -0.2) is 38.3 Å². The molecule has 0 fully saturated rings. The molecule has 0 heterocycles. The molecule has 0 spiro atoms. The largest absolute Gasteiger partial charge is 0.449 e. The Labute approximate surface area is 156 Å². The fourth-order valence-electron chi connectivity index (χ4n) is 2.36. The van der Waals surface area contributed by atoms with Gasteiger partial charge in [0.15, 0.2) is 6.10 Å². The Bertz CT molecular complexity index is 947. The number of esters is 1. The summed E-state index contributed by atoms with van der Waals surface area (Å²) in [4.78, 5) is 25.5. The number of benzene rings is 2. The van der Waals surface area contributed by atoms with Crippen molar-refractivity contribution in [3.63, 3.8) is 0 Å². The van der Waals surface area contributed by atoms with Crippen molar-refractivity contribution in [1.82, 2.24) is 4.90 Å². The zero-order valence-corrected chi connectivity index (χ0v) is 15.6. The summed E-state index contributed by atoms with van der Waals surface area (Å²) in [5.41, 5.74) is 0.269. The first-order valence-corrected chi connectivity index (χ1v) is 9.46. The molecular weight excluding hydrogens is 375 g/mol. The van der Waals surface area contributed by atoms with E-state index in [1.54, 1.807) is 7.05 Å². The van der Waals surface area contributed by atoms with E-state index in [1.807, 2.05) is 30.3 Å². The number of amides is 1. The van der Waals surface area contributed by atoms with E-state index in [1.165, 1.54) is 11.8 Å². The molecule has 0 aliphatic rings. The number of likely N-dealkylation sites (N-methyl/N-ethyl adjacent to an activating group) is 1. The zero-order valence-electron chi connectivity index (χ0n) is 14.8. The van der Waals surface area contributed by atoms with Gasteiger partial charge in [0.05, 0.1) is 10.5 Å². The van der Waals surface area contributed by atoms with Crippen molar-refractivity contribution in [3.05, 3.63) is 65.5 Å². The Hall–Kier alpha value is -2.78. The number of nitrogens with zero attached hydrogens (tertiary/aromatic N) is 1. The van der Waals surface area contributed by atoms with E-state index in [-0.39, 0.29) is 0 Å². The van der Waals surface area contributed by atoms with Gasteiger partial charge in [-0.05, 0) is 30.7 Å². The maximum atomic E-state index is 13.9. The van der Waals surface area contributed by atoms with Gasteiger partial charge in [-0.25, -0.2) is 22.7 Å². The van der Waals surface area contributed by atoms with Crippen molar-refractivity contribution in [2.75, 3.05) is 7.05 Å². The third-order valence-corrected chi connectivity index (χ3v) is 4.67. The van der Waals surface area contributed by atoms with Gasteiger partial charge in [-0.15, -0.1) is 0 Å². The van der Waals surface area contributed by atoms with Crippen LogP contribution in [0, 0.1) is 5.82 Å². The fraction of sp³-hybridized carbons (Fsp3) is 0.222. The lowest BCUT2D eigenvalue weighted by Gasteiger charge is -2.21. The summed E-state index contributed by atoms with van der Waals surface area (Å²) in [5.74, 6) is -2.63. The lowest BCUT2D eigenvalue weighted by atomic mass is 10.2. The van der Waals surface area contributed by atoms with E-state index in [2.05, 4.69) is 0 Å². The summed E-state index contributed by atoms with van der Waals surface area (Å²) in [7, 11) is -2.57. The highest BCUT2D eigenvalue weighted by Gasteiger charge is 2.25. The molecule has 0 saturated heterocycles. The van der Waals surface area contributed by atoms with Gasteiger partial charge in [-0.1, -0.05) is 30.3 Å². The third-order valence-electron chi connectivity index (χ3n) is 3.76. The van der Waals surface area contributed by atoms with Gasteiger partial charge in [0.1, 0.15) is 5.82 Å². The normalized spacial score (nSPS) is 12.3. The van der Waals surface area contributed by atoms with Crippen LogP contribution in [0.1, 0.15) is 22.8 Å². The number of rotatable bonds is 6. The Morgan fingerprint density at radius 1 is 1.19 bits per heavy atom. The number of nitrogens with two attached hydrogens (primary N) is 1. The first-order valence-electron chi connectivity index (χ1n) is 7.92. The van der Waals surface area contributed by atoms with E-state index < -0.39 is 44.3 Å². The van der Waals surface area contributed by atoms with Crippen LogP contribution in [0.5, 0.6) is 0 Å². The third kappa shape index (κ3) is 5.35. The van der Waals surface area contributed by atoms with Gasteiger partial charge in [-0.2, -0.15) is 0 Å². The highest BCUT2D eigenvalue weighted by Crippen LogP contribution is 2.16. The molecule has 27 heavy (non-hydrogen) atoms. The van der Waals surface area contributed by atoms with E-state index >= 15 is 0 Å². The maximum absolute atomic E-state index is 13.9. The fourth-order valence-corrected chi connectivity index (χ4v) is 2.90. The van der Waals surface area contributed by atoms with E-state index in [0.717, 1.165) is 23.8 Å². The van der Waals surface area contributed by atoms with Gasteiger partial charge in [0, 0.05) is 13.6 Å². The monoisotopic (exact) mass is 394 g/mol. The molecule has 0 aliphatic carbocycles. The molecule has 0 saturated carbocycles. The number of primary sulfonamides is 1. The summed E-state index contributed by atoms with van der Waals surface area (Å²) < 4.78 is 41.6. The van der Waals surface area contributed by atoms with Crippen LogP contribution in [-0.2, 0) is 26.1 Å². The smallest absolute Gasteiger partial charge is 0.341 e. The highest BCUT2D eigenvalue weighted by atomic mass is 32.2. The average molecular weight is 394 g/mol. The zero-order chi connectivity index (χ0) is 20.2. The van der Waals surface area contributed by atoms with Crippen molar-refractivity contribution in [1.29, 1.82) is 0 Å². The second-order valence-corrected chi connectivity index (χ2v) is 7.48. The lowest BCUT2D eigenvalue weighted by Crippen LogP contribution is -2.37. The van der Waals surface area contributed by atoms with Crippen molar-refractivity contribution < 1.29 is 27.1 Å². The molecule has 1 amide bonds. The van der Waals surface area contributed by atoms with Crippen molar-refractivity contribution in [2.45, 2.75) is 24.5 Å². The molecule has 7 nitrogen and oxygen atoms in total. The van der Waals surface area contributed by atoms with Gasteiger partial charge >= 0.3 is 5.97 Å². The van der Waals surface area contributed by atoms with E-state index in [9.17, 15) is 22.4 Å². The molecule has 1 atom stereocenters. The molecule has 144 valence electrons. The van der Waals surface area contributed by atoms with Crippen molar-refractivity contribution in [2.24, 2.45) is 5.14 Å². The molecule has 2 N–H and O–H groups in total. The standard InChI is InChI=1S/C18H19FN2O5S/c1-12(17(22)21(2)11-13-6-4-3-5-7-13)26-18(23)15-10-14(27(20,24)25)8-9-16(15)19/h3-10,12H,11H2,1-2H3,(H2,20,24,25)/t12-/m1/s1. The topological polar surface area (TPSA) is 107 Å². The average Bonchev–Trinajstić information content (AvgIpc) is 2.61. The number of hydrogen-bond acceptors (Lipinski definition) is 5. The molecule has 0 bridgehead atoms. The Balaban J connectivity index is 2.09. The van der Waals surface area contributed by atoms with E-state index in [4.69, 9.17) is 9.88 Å². The van der Waals surface area contributed by atoms with Gasteiger partial charge < -0.3 is 9.64 Å². The SMILES string of the molecule is C[C@@H](OC(=O)c1cc(S(N)(=O)=O)ccc1F)C(=O)N(C)Cc1ccccc1. The number of hydrogen-bond donors (Lipinski definition) is 1. The molecule has 2 rings (SSSR count). The van der Waals surface area contributed by atoms with Crippen LogP contribution in [0.3, 0.4) is 0 Å². The molecular formula is C18H19FN2O5S. The van der Waals surface area contributed by atoms with Crippen LogP contribution in [0.15, 0.2) is 53.4 Å². The molecule has 0 radical (unpaired) electrons. The second-order valence-electron chi connectivity index (χ2n) is 5.91. The molecule has 0 aromatic heterocycles. The summed E-state index contributed by atoms with van der Waals surface area (Å²) >= 11 is 0. The van der Waals surface area contributed by atoms with Crippen LogP contribution in [0.4, 0.5) is 4.39 Å². The van der Waals surface area contributed by atoms with Crippen LogP contribution < -0.4 is 5.14 Å². The summed E-state index contributed by atoms with van der Waals surface area (Å²) in [6.07, 6.45) is -1.19. The van der Waals surface area contributed by atoms with Gasteiger partial charge in [0.25, 0.3) is 5.91 Å². The molecule has 0 unspecified atom stereocenters. The predicted molar refractivity (Wildman–Crippen MR) is 95.6 cm³/mol. The summed E-state index contributed by atoms with van der Waals surface area (Å²) in [5, 5.41) is 4.98. The Morgan fingerprint density at radius 2 is 1.81 bits per heavy atom. The number of ether oxygens (including phenoxy) is 1. The number of sulfonamides is 1. The lowest BCUT2D eigenvalue weighted by molar-refractivity contribution is -0.139. The van der Waals surface area contributed by atoms with Gasteiger partial charge in [-0.3, -0.25) is 4.79 Å². The van der Waals surface area contributed by atoms with Crippen LogP contribution in [0.2, 0.25) is 0 Å². The highest BCUT2D eigenvalue weighted by molar-refractivity contribution is 7.89. The molecule has 2 aromatic rings. The van der Waals surface area contributed by atoms with E-state index in [0.29, 0.717) is 6.54 Å². The number of carbonyl (C=O) groups excluding carboxylic acids is 2. The van der Waals surface area contributed by atoms with Crippen molar-refractivity contribution >= 4 is 21.9 Å². The predicted octanol–water partition coefficient (Wildman–Crippen LogP) is 1.68. The maximum Gasteiger partial charge on any atom is 0.341 e. The van der Waals surface area contributed by atoms with Crippen LogP contribution in [0.25, 0.3) is 0 Å². The van der Waals surface area contributed by atoms with Gasteiger partial charge in [0.2, 0.25) is 10.0 Å². The minimum atomic E-state index is -4.12. The second kappa shape index (κ2) is 8.28. The molecule has 0 aliphatic heterocycles. The summed E-state index contributed by atoms with van der Waals surface area (Å²) in [6.45, 7) is 1.65. The number of carbonyl (C=O) groups is 2. The first-order chi connectivity index (χ1) is 12.6. The minimum Gasteiger partial charge on any atom is -0.449 e. The number of halogens is 1. The van der Waals surface area contributed by atoms with Crippen LogP contribution >= 0.6 is 0 Å². The molecule has 2 aromatic carbocycles. The Kier molecular flexibility index (Phi) is 6.29. The Morgan fingerprint density at radius 3 is 2.41 bits per heavy atom. The molecule has 9 heteroatoms. The quantitative estimate of drug-likeness (QED) is 0.750. The summed E-state index contributed by atoms with van der Waals surface area (Å²) in [6, 6.07) is 11.7. The van der Waals surface area contributed by atoms with Crippen molar-refractivity contribution in [3.8, 4) is 0 Å².